The zero-order chi connectivity index (χ0) is 33.6. The first-order chi connectivity index (χ1) is 22.4. The van der Waals surface area contributed by atoms with Crippen LogP contribution in [0.5, 0.6) is 0 Å². The topological polar surface area (TPSA) is 166 Å². The van der Waals surface area contributed by atoms with Crippen molar-refractivity contribution in [2.75, 3.05) is 19.8 Å². The molecule has 47 heavy (non-hydrogen) atoms. The number of hydrogen-bond donors (Lipinski definition) is 3. The summed E-state index contributed by atoms with van der Waals surface area (Å²) in [5.74, 6) is -3.92. The maximum Gasteiger partial charge on any atom is 0.408 e. The Morgan fingerprint density at radius 3 is 2.47 bits per heavy atom. The molecule has 0 bridgehead atoms. The van der Waals surface area contributed by atoms with Gasteiger partial charge in [0.1, 0.15) is 18.3 Å². The minimum absolute atomic E-state index is 0.00810. The molecule has 2 atom stereocenters. The van der Waals surface area contributed by atoms with Crippen LogP contribution in [-0.4, -0.2) is 80.5 Å². The van der Waals surface area contributed by atoms with Crippen LogP contribution in [-0.2, 0) is 27.3 Å². The van der Waals surface area contributed by atoms with Crippen LogP contribution in [0, 0.1) is 5.92 Å². The number of ether oxygens (including phenoxy) is 1. The van der Waals surface area contributed by atoms with Gasteiger partial charge in [-0.3, -0.25) is 14.4 Å². The Morgan fingerprint density at radius 1 is 1.13 bits per heavy atom. The number of carbonyl (C=O) groups excluding carboxylic acids is 3. The Bertz CT molecular complexity index is 1540. The molecular weight excluding hydrogens is 635 g/mol. The lowest BCUT2D eigenvalue weighted by Crippen LogP contribution is -2.38. The summed E-state index contributed by atoms with van der Waals surface area (Å²) in [4.78, 5) is 38.9. The van der Waals surface area contributed by atoms with E-state index < -0.39 is 35.9 Å². The van der Waals surface area contributed by atoms with Gasteiger partial charge in [0.15, 0.2) is 11.3 Å². The summed E-state index contributed by atoms with van der Waals surface area (Å²) in [6, 6.07) is -0.155. The molecular formula is C29H35F5N8O5. The van der Waals surface area contributed by atoms with Crippen molar-refractivity contribution in [3.05, 3.63) is 41.1 Å². The number of alkyl halides is 5. The van der Waals surface area contributed by atoms with Crippen LogP contribution >= 0.6 is 0 Å². The molecule has 3 amide bonds. The van der Waals surface area contributed by atoms with E-state index in [1.54, 1.807) is 12.3 Å². The molecule has 0 spiro atoms. The highest BCUT2D eigenvalue weighted by atomic mass is 19.4. The maximum atomic E-state index is 12.9. The van der Waals surface area contributed by atoms with E-state index in [-0.39, 0.29) is 56.4 Å². The van der Waals surface area contributed by atoms with Crippen molar-refractivity contribution in [3.63, 3.8) is 0 Å². The van der Waals surface area contributed by atoms with Gasteiger partial charge in [0.2, 0.25) is 17.7 Å². The highest BCUT2D eigenvalue weighted by molar-refractivity contribution is 5.93. The zero-order valence-corrected chi connectivity index (χ0v) is 25.3. The van der Waals surface area contributed by atoms with Gasteiger partial charge >= 0.3 is 6.18 Å². The third kappa shape index (κ3) is 9.65. The van der Waals surface area contributed by atoms with Gasteiger partial charge in [0.25, 0.3) is 5.91 Å². The largest absolute Gasteiger partial charge is 0.408 e. The molecule has 256 valence electrons. The summed E-state index contributed by atoms with van der Waals surface area (Å²) in [5, 5.41) is 19.0. The molecule has 3 aromatic rings. The monoisotopic (exact) mass is 670 g/mol. The number of rotatable bonds is 6. The van der Waals surface area contributed by atoms with Gasteiger partial charge in [-0.2, -0.15) is 18.3 Å². The second-order valence-electron chi connectivity index (χ2n) is 11.9. The number of morpholine rings is 1. The molecule has 4 fully saturated rings. The molecule has 7 rings (SSSR count). The molecule has 4 aliphatic rings. The third-order valence-electron chi connectivity index (χ3n) is 8.02. The zero-order valence-electron chi connectivity index (χ0n) is 25.3. The fraction of sp³-hybridized carbons (Fsp3) is 0.621. The lowest BCUT2D eigenvalue weighted by Gasteiger charge is -2.20. The number of aromatic nitrogens is 5. The number of fused-ring (bicyclic) bond motifs is 1. The summed E-state index contributed by atoms with van der Waals surface area (Å²) >= 11 is 0. The van der Waals surface area contributed by atoms with Crippen molar-refractivity contribution in [2.24, 2.45) is 5.92 Å². The molecule has 18 heteroatoms. The Kier molecular flexibility index (Phi) is 10.7. The Hall–Kier alpha value is -4.22. The Morgan fingerprint density at radius 2 is 1.89 bits per heavy atom. The number of hydrogen-bond acceptors (Lipinski definition) is 9. The van der Waals surface area contributed by atoms with Crippen LogP contribution in [0.1, 0.15) is 84.7 Å². The fourth-order valence-corrected chi connectivity index (χ4v) is 5.36. The van der Waals surface area contributed by atoms with Crippen molar-refractivity contribution in [1.29, 1.82) is 0 Å². The van der Waals surface area contributed by atoms with Crippen LogP contribution in [0.25, 0.3) is 5.65 Å². The van der Waals surface area contributed by atoms with Crippen molar-refractivity contribution < 1.29 is 45.7 Å². The second kappa shape index (κ2) is 14.7. The van der Waals surface area contributed by atoms with Gasteiger partial charge in [-0.25, -0.2) is 22.9 Å². The van der Waals surface area contributed by atoms with Gasteiger partial charge < -0.3 is 20.7 Å². The molecule has 2 aliphatic carbocycles. The van der Waals surface area contributed by atoms with Crippen LogP contribution in [0.3, 0.4) is 0 Å². The van der Waals surface area contributed by atoms with Gasteiger partial charge in [0, 0.05) is 31.2 Å². The highest BCUT2D eigenvalue weighted by Gasteiger charge is 2.47. The SMILES string of the molecule is FC1(F)CCCCC1.O=C(NCc1cn2ncc(CC3CC(C(F)(F)F)NC3=O)cc2n1)c1nonc1C1CC1.O=C1COCCN1. The normalized spacial score (nSPS) is 22.3. The first-order valence-electron chi connectivity index (χ1n) is 15.4. The lowest BCUT2D eigenvalue weighted by atomic mass is 9.97. The number of nitrogens with one attached hydrogen (secondary N) is 3. The van der Waals surface area contributed by atoms with E-state index in [1.807, 2.05) is 5.32 Å². The van der Waals surface area contributed by atoms with E-state index in [0.29, 0.717) is 48.6 Å². The van der Waals surface area contributed by atoms with Crippen LogP contribution < -0.4 is 16.0 Å². The van der Waals surface area contributed by atoms with Crippen molar-refractivity contribution in [3.8, 4) is 0 Å². The summed E-state index contributed by atoms with van der Waals surface area (Å²) in [6.45, 7) is 1.68. The number of nitrogens with zero attached hydrogens (tertiary/aromatic N) is 5. The van der Waals surface area contributed by atoms with Gasteiger partial charge in [0.05, 0.1) is 31.2 Å². The van der Waals surface area contributed by atoms with Crippen LogP contribution in [0.4, 0.5) is 22.0 Å². The maximum absolute atomic E-state index is 12.9. The smallest absolute Gasteiger partial charge is 0.370 e. The summed E-state index contributed by atoms with van der Waals surface area (Å²) < 4.78 is 73.9. The van der Waals surface area contributed by atoms with E-state index in [0.717, 1.165) is 19.3 Å². The standard InChI is InChI=1S/C19H18F3N7O3.C6H10F2.C4H7NO2/c20-19(21,22)13-5-11(17(30)26-13)3-9-4-14-25-12(8-29(14)24-6-9)7-23-18(31)16-15(10-1-2-10)27-32-28-16;7-6(8)4-2-1-3-5-6;6-4-3-7-2-1-5-4/h4,6,8,10-11,13H,1-3,5,7H2,(H,23,31)(H,26,30);1-5H2;1-3H2,(H,5,6). The Balaban J connectivity index is 0.000000236. The number of halogens is 5. The van der Waals surface area contributed by atoms with Gasteiger partial charge in [-0.15, -0.1) is 0 Å². The van der Waals surface area contributed by atoms with E-state index in [9.17, 15) is 36.3 Å². The fourth-order valence-electron chi connectivity index (χ4n) is 5.36. The van der Waals surface area contributed by atoms with Crippen LogP contribution in [0.15, 0.2) is 23.1 Å². The van der Waals surface area contributed by atoms with Crippen molar-refractivity contribution >= 4 is 23.4 Å². The van der Waals surface area contributed by atoms with Crippen molar-refractivity contribution in [2.45, 2.75) is 88.4 Å². The van der Waals surface area contributed by atoms with E-state index in [4.69, 9.17) is 4.74 Å². The average molecular weight is 671 g/mol. The van der Waals surface area contributed by atoms with Gasteiger partial charge in [-0.1, -0.05) is 11.6 Å². The molecule has 2 saturated carbocycles. The number of carbonyl (C=O) groups is 3. The first kappa shape index (κ1) is 34.1. The van der Waals surface area contributed by atoms with E-state index in [2.05, 4.69) is 35.7 Å². The summed E-state index contributed by atoms with van der Waals surface area (Å²) in [7, 11) is 0. The molecule has 3 aromatic heterocycles. The molecule has 13 nitrogen and oxygen atoms in total. The van der Waals surface area contributed by atoms with Crippen molar-refractivity contribution in [1.82, 2.24) is 40.9 Å². The molecule has 5 heterocycles. The lowest BCUT2D eigenvalue weighted by molar-refractivity contribution is -0.154. The highest BCUT2D eigenvalue weighted by Crippen LogP contribution is 2.40. The summed E-state index contributed by atoms with van der Waals surface area (Å²) in [6.07, 6.45) is 3.05. The molecule has 0 aromatic carbocycles. The number of imidazole rings is 1. The minimum atomic E-state index is -4.46. The Labute approximate surface area is 265 Å². The first-order valence-corrected chi connectivity index (χ1v) is 15.4. The predicted molar refractivity (Wildman–Crippen MR) is 152 cm³/mol. The molecule has 3 N–H and O–H groups in total. The second-order valence-corrected chi connectivity index (χ2v) is 11.9. The average Bonchev–Trinajstić information content (AvgIpc) is 3.41. The number of amides is 3. The molecule has 2 unspecified atom stereocenters. The van der Waals surface area contributed by atoms with E-state index in [1.165, 1.54) is 10.7 Å². The molecule has 2 saturated heterocycles. The van der Waals surface area contributed by atoms with Gasteiger partial charge in [-0.05, 0) is 55.3 Å². The minimum Gasteiger partial charge on any atom is -0.370 e. The van der Waals surface area contributed by atoms with Crippen LogP contribution in [0.2, 0.25) is 0 Å². The molecule has 2 aliphatic heterocycles. The summed E-state index contributed by atoms with van der Waals surface area (Å²) in [5.41, 5.74) is 2.32. The van der Waals surface area contributed by atoms with E-state index >= 15 is 0 Å². The predicted octanol–water partition coefficient (Wildman–Crippen LogP) is 3.25. The quantitative estimate of drug-likeness (QED) is 0.334. The molecule has 0 radical (unpaired) electrons. The third-order valence-corrected chi connectivity index (χ3v) is 8.02.